The average molecular weight is 466 g/mol. The number of fused-ring (bicyclic) bond motifs is 2. The lowest BCUT2D eigenvalue weighted by Gasteiger charge is -2.46. The van der Waals surface area contributed by atoms with Gasteiger partial charge in [-0.15, -0.1) is 0 Å². The fourth-order valence-corrected chi connectivity index (χ4v) is 6.23. The van der Waals surface area contributed by atoms with Gasteiger partial charge >= 0.3 is 0 Å². The highest BCUT2D eigenvalue weighted by Crippen LogP contribution is 2.36. The topological polar surface area (TPSA) is 81.0 Å². The van der Waals surface area contributed by atoms with Crippen molar-refractivity contribution in [1.82, 2.24) is 20.3 Å². The Morgan fingerprint density at radius 2 is 1.83 bits per heavy atom. The monoisotopic (exact) mass is 465 g/mol. The Kier molecular flexibility index (Phi) is 6.05. The van der Waals surface area contributed by atoms with Crippen molar-refractivity contribution >= 4 is 11.6 Å². The van der Waals surface area contributed by atoms with E-state index in [0.29, 0.717) is 29.7 Å². The summed E-state index contributed by atoms with van der Waals surface area (Å²) < 4.78 is 0. The second-order valence-corrected chi connectivity index (χ2v) is 9.96. The SMILES string of the molecule is N#Cc1ccc(N2CCC3C(CNC4CCCCC4N3c3nccc(-c4ccccc4)n3)C2)cn1. The number of piperidine rings is 1. The quantitative estimate of drug-likeness (QED) is 0.626. The number of nitrogens with zero attached hydrogens (tertiary/aromatic N) is 6. The maximum atomic E-state index is 9.10. The Morgan fingerprint density at radius 3 is 2.66 bits per heavy atom. The highest BCUT2D eigenvalue weighted by Gasteiger charge is 2.44. The predicted octanol–water partition coefficient (Wildman–Crippen LogP) is 4.03. The number of anilines is 2. The molecule has 6 rings (SSSR count). The third-order valence-corrected chi connectivity index (χ3v) is 7.95. The third kappa shape index (κ3) is 4.35. The van der Waals surface area contributed by atoms with Gasteiger partial charge in [0.1, 0.15) is 11.8 Å². The zero-order chi connectivity index (χ0) is 23.6. The Morgan fingerprint density at radius 1 is 0.943 bits per heavy atom. The molecular formula is C28H31N7. The van der Waals surface area contributed by atoms with E-state index in [1.54, 1.807) is 0 Å². The van der Waals surface area contributed by atoms with Crippen LogP contribution in [0.5, 0.6) is 0 Å². The van der Waals surface area contributed by atoms with Crippen molar-refractivity contribution in [1.29, 1.82) is 5.26 Å². The summed E-state index contributed by atoms with van der Waals surface area (Å²) in [6, 6.07) is 19.7. The molecule has 7 heteroatoms. The summed E-state index contributed by atoms with van der Waals surface area (Å²) in [6.45, 7) is 2.92. The number of pyridine rings is 1. The molecule has 0 bridgehead atoms. The zero-order valence-electron chi connectivity index (χ0n) is 19.9. The molecule has 2 aliphatic heterocycles. The summed E-state index contributed by atoms with van der Waals surface area (Å²) in [5.74, 6) is 1.32. The van der Waals surface area contributed by atoms with Crippen LogP contribution in [0.2, 0.25) is 0 Å². The molecule has 1 aliphatic carbocycles. The molecular weight excluding hydrogens is 434 g/mol. The zero-order valence-corrected chi connectivity index (χ0v) is 19.9. The van der Waals surface area contributed by atoms with Crippen LogP contribution in [0, 0.1) is 17.2 Å². The molecule has 35 heavy (non-hydrogen) atoms. The van der Waals surface area contributed by atoms with Crippen LogP contribution in [0.15, 0.2) is 60.9 Å². The van der Waals surface area contributed by atoms with Gasteiger partial charge in [0.25, 0.3) is 0 Å². The molecule has 4 atom stereocenters. The molecule has 7 nitrogen and oxygen atoms in total. The van der Waals surface area contributed by atoms with Crippen LogP contribution in [-0.4, -0.2) is 52.7 Å². The van der Waals surface area contributed by atoms with Gasteiger partial charge < -0.3 is 15.1 Å². The van der Waals surface area contributed by atoms with Crippen LogP contribution < -0.4 is 15.1 Å². The van der Waals surface area contributed by atoms with Gasteiger partial charge in [0.15, 0.2) is 0 Å². The molecule has 4 unspecified atom stereocenters. The van der Waals surface area contributed by atoms with E-state index in [1.165, 1.54) is 25.7 Å². The Bertz CT molecular complexity index is 1190. The summed E-state index contributed by atoms with van der Waals surface area (Å²) in [5.41, 5.74) is 3.67. The lowest BCUT2D eigenvalue weighted by Crippen LogP contribution is -2.56. The standard InChI is InChI=1S/C28H31N7/c29-16-22-10-11-23(18-31-22)34-15-13-26-21(19-34)17-32-25-8-4-5-9-27(25)35(26)28-30-14-12-24(33-28)20-6-2-1-3-7-20/h1-3,6-7,10-12,14,18,21,25-27,32H,4-5,8-9,13,15,17,19H2. The van der Waals surface area contributed by atoms with Crippen LogP contribution >= 0.6 is 0 Å². The molecule has 1 aromatic carbocycles. The van der Waals surface area contributed by atoms with Crippen LogP contribution in [0.4, 0.5) is 11.6 Å². The Hall–Kier alpha value is -3.50. The number of aromatic nitrogens is 3. The van der Waals surface area contributed by atoms with Gasteiger partial charge in [0.05, 0.1) is 17.6 Å². The minimum Gasteiger partial charge on any atom is -0.370 e. The van der Waals surface area contributed by atoms with Crippen LogP contribution in [-0.2, 0) is 0 Å². The molecule has 3 aromatic rings. The first kappa shape index (κ1) is 22.0. The average Bonchev–Trinajstić information content (AvgIpc) is 3.10. The lowest BCUT2D eigenvalue weighted by atomic mass is 9.87. The van der Waals surface area contributed by atoms with E-state index in [0.717, 1.165) is 48.9 Å². The Labute approximate surface area is 206 Å². The van der Waals surface area contributed by atoms with Crippen molar-refractivity contribution in [3.63, 3.8) is 0 Å². The van der Waals surface area contributed by atoms with E-state index < -0.39 is 0 Å². The van der Waals surface area contributed by atoms with Gasteiger partial charge in [0, 0.05) is 55.4 Å². The van der Waals surface area contributed by atoms with Gasteiger partial charge in [-0.3, -0.25) is 0 Å². The van der Waals surface area contributed by atoms with E-state index in [1.807, 2.05) is 36.7 Å². The van der Waals surface area contributed by atoms with Gasteiger partial charge in [0.2, 0.25) is 5.95 Å². The number of nitriles is 1. The maximum Gasteiger partial charge on any atom is 0.226 e. The molecule has 3 aliphatic rings. The summed E-state index contributed by atoms with van der Waals surface area (Å²) in [4.78, 5) is 19.3. The molecule has 0 amide bonds. The second kappa shape index (κ2) is 9.63. The van der Waals surface area contributed by atoms with Gasteiger partial charge in [-0.2, -0.15) is 5.26 Å². The van der Waals surface area contributed by atoms with Crippen molar-refractivity contribution in [3.05, 3.63) is 66.6 Å². The normalized spacial score (nSPS) is 26.3. The fraction of sp³-hybridized carbons (Fsp3) is 0.429. The Balaban J connectivity index is 1.32. The van der Waals surface area contributed by atoms with Crippen molar-refractivity contribution < 1.29 is 0 Å². The molecule has 3 fully saturated rings. The van der Waals surface area contributed by atoms with Crippen LogP contribution in [0.3, 0.4) is 0 Å². The van der Waals surface area contributed by atoms with E-state index in [9.17, 15) is 0 Å². The van der Waals surface area contributed by atoms with Crippen molar-refractivity contribution in [2.45, 2.75) is 50.2 Å². The molecule has 2 saturated heterocycles. The van der Waals surface area contributed by atoms with Crippen LogP contribution in [0.25, 0.3) is 11.3 Å². The van der Waals surface area contributed by atoms with Gasteiger partial charge in [-0.1, -0.05) is 43.2 Å². The molecule has 1 saturated carbocycles. The summed E-state index contributed by atoms with van der Waals surface area (Å²) in [5, 5.41) is 13.0. The minimum atomic E-state index is 0.393. The number of hydrogen-bond donors (Lipinski definition) is 1. The largest absolute Gasteiger partial charge is 0.370 e. The highest BCUT2D eigenvalue weighted by atomic mass is 15.3. The number of nitrogens with one attached hydrogen (secondary N) is 1. The molecule has 0 radical (unpaired) electrons. The lowest BCUT2D eigenvalue weighted by molar-refractivity contribution is 0.314. The summed E-state index contributed by atoms with van der Waals surface area (Å²) in [7, 11) is 0. The molecule has 0 spiro atoms. The number of rotatable bonds is 3. The molecule has 2 aromatic heterocycles. The van der Waals surface area contributed by atoms with E-state index >= 15 is 0 Å². The van der Waals surface area contributed by atoms with E-state index in [2.05, 4.69) is 50.4 Å². The summed E-state index contributed by atoms with van der Waals surface area (Å²) >= 11 is 0. The third-order valence-electron chi connectivity index (χ3n) is 7.95. The minimum absolute atomic E-state index is 0.393. The molecule has 1 N–H and O–H groups in total. The van der Waals surface area contributed by atoms with Crippen LogP contribution in [0.1, 0.15) is 37.8 Å². The number of hydrogen-bond acceptors (Lipinski definition) is 7. The van der Waals surface area contributed by atoms with Gasteiger partial charge in [-0.25, -0.2) is 15.0 Å². The summed E-state index contributed by atoms with van der Waals surface area (Å²) in [6.07, 6.45) is 9.75. The van der Waals surface area contributed by atoms with Crippen molar-refractivity contribution in [2.75, 3.05) is 29.4 Å². The molecule has 178 valence electrons. The fourth-order valence-electron chi connectivity index (χ4n) is 6.23. The smallest absolute Gasteiger partial charge is 0.226 e. The highest BCUT2D eigenvalue weighted by molar-refractivity contribution is 5.60. The molecule has 4 heterocycles. The van der Waals surface area contributed by atoms with Crippen molar-refractivity contribution in [2.24, 2.45) is 5.92 Å². The van der Waals surface area contributed by atoms with E-state index in [-0.39, 0.29) is 0 Å². The first-order valence-electron chi connectivity index (χ1n) is 12.8. The van der Waals surface area contributed by atoms with E-state index in [4.69, 9.17) is 15.2 Å². The second-order valence-electron chi connectivity index (χ2n) is 9.96. The number of benzene rings is 1. The first-order chi connectivity index (χ1) is 17.3. The predicted molar refractivity (Wildman–Crippen MR) is 137 cm³/mol. The first-order valence-corrected chi connectivity index (χ1v) is 12.8. The van der Waals surface area contributed by atoms with Gasteiger partial charge in [-0.05, 0) is 37.5 Å². The maximum absolute atomic E-state index is 9.10. The van der Waals surface area contributed by atoms with Crippen molar-refractivity contribution in [3.8, 4) is 17.3 Å².